The highest BCUT2D eigenvalue weighted by Crippen LogP contribution is 2.30. The molecule has 8 heteroatoms. The van der Waals surface area contributed by atoms with Crippen molar-refractivity contribution < 1.29 is 23.1 Å². The fourth-order valence-electron chi connectivity index (χ4n) is 3.22. The lowest BCUT2D eigenvalue weighted by atomic mass is 10.1. The second-order valence-corrected chi connectivity index (χ2v) is 6.81. The maximum atomic E-state index is 14.6. The lowest BCUT2D eigenvalue weighted by Gasteiger charge is -2.17. The number of aromatic nitrogens is 2. The summed E-state index contributed by atoms with van der Waals surface area (Å²) in [5.74, 6) is 0.221. The van der Waals surface area contributed by atoms with E-state index in [9.17, 15) is 9.18 Å². The summed E-state index contributed by atoms with van der Waals surface area (Å²) in [7, 11) is 2.98. The zero-order valence-electron chi connectivity index (χ0n) is 17.4. The van der Waals surface area contributed by atoms with Gasteiger partial charge in [-0.1, -0.05) is 36.4 Å². The van der Waals surface area contributed by atoms with Crippen LogP contribution in [0.1, 0.15) is 27.9 Å². The van der Waals surface area contributed by atoms with Crippen molar-refractivity contribution in [2.75, 3.05) is 14.2 Å². The van der Waals surface area contributed by atoms with Gasteiger partial charge in [0.25, 0.3) is 5.91 Å². The molecule has 0 fully saturated rings. The Balaban J connectivity index is 1.69. The molecular weight excluding hydrogens is 413 g/mol. The SMILES string of the molecule is COc1ccc(C(=O)NC(c2nnc(-c3ccccc3)o2)c2ccccc2F)cc1OC. The van der Waals surface area contributed by atoms with Crippen LogP contribution in [0.15, 0.2) is 77.2 Å². The third-order valence-corrected chi connectivity index (χ3v) is 4.85. The van der Waals surface area contributed by atoms with Crippen LogP contribution >= 0.6 is 0 Å². The zero-order valence-corrected chi connectivity index (χ0v) is 17.4. The van der Waals surface area contributed by atoms with Gasteiger partial charge in [-0.3, -0.25) is 4.79 Å². The average molecular weight is 433 g/mol. The minimum absolute atomic E-state index is 0.0581. The molecule has 0 radical (unpaired) electrons. The second-order valence-electron chi connectivity index (χ2n) is 6.81. The smallest absolute Gasteiger partial charge is 0.252 e. The van der Waals surface area contributed by atoms with Gasteiger partial charge in [0.05, 0.1) is 14.2 Å². The van der Waals surface area contributed by atoms with Crippen LogP contribution < -0.4 is 14.8 Å². The number of ether oxygens (including phenoxy) is 2. The minimum Gasteiger partial charge on any atom is -0.493 e. The first-order valence-electron chi connectivity index (χ1n) is 9.77. The van der Waals surface area contributed by atoms with Gasteiger partial charge >= 0.3 is 0 Å². The van der Waals surface area contributed by atoms with E-state index in [4.69, 9.17) is 13.9 Å². The Bertz CT molecular complexity index is 1230. The summed E-state index contributed by atoms with van der Waals surface area (Å²) >= 11 is 0. The van der Waals surface area contributed by atoms with E-state index < -0.39 is 17.8 Å². The van der Waals surface area contributed by atoms with E-state index in [2.05, 4.69) is 15.5 Å². The monoisotopic (exact) mass is 433 g/mol. The highest BCUT2D eigenvalue weighted by Gasteiger charge is 2.26. The molecule has 0 aliphatic carbocycles. The number of benzene rings is 3. The van der Waals surface area contributed by atoms with E-state index in [1.54, 1.807) is 30.3 Å². The molecule has 32 heavy (non-hydrogen) atoms. The summed E-state index contributed by atoms with van der Waals surface area (Å²) in [6, 6.07) is 19.0. The van der Waals surface area contributed by atoms with Crippen LogP contribution in [0, 0.1) is 5.82 Å². The van der Waals surface area contributed by atoms with Gasteiger partial charge < -0.3 is 19.2 Å². The molecule has 4 rings (SSSR count). The van der Waals surface area contributed by atoms with Gasteiger partial charge in [-0.2, -0.15) is 0 Å². The summed E-state index contributed by atoms with van der Waals surface area (Å²) in [6.07, 6.45) is 0. The molecule has 162 valence electrons. The Kier molecular flexibility index (Phi) is 6.12. The predicted octanol–water partition coefficient (Wildman–Crippen LogP) is 4.41. The molecule has 0 saturated heterocycles. The first-order chi connectivity index (χ1) is 15.6. The number of hydrogen-bond acceptors (Lipinski definition) is 6. The fourth-order valence-corrected chi connectivity index (χ4v) is 3.22. The van der Waals surface area contributed by atoms with Crippen molar-refractivity contribution in [1.82, 2.24) is 15.5 Å². The molecule has 1 heterocycles. The lowest BCUT2D eigenvalue weighted by Crippen LogP contribution is -2.30. The molecule has 0 spiro atoms. The largest absolute Gasteiger partial charge is 0.493 e. The van der Waals surface area contributed by atoms with Gasteiger partial charge in [0.1, 0.15) is 11.9 Å². The third kappa shape index (κ3) is 4.29. The quantitative estimate of drug-likeness (QED) is 0.465. The van der Waals surface area contributed by atoms with Crippen LogP contribution in [-0.2, 0) is 0 Å². The van der Waals surface area contributed by atoms with Gasteiger partial charge in [-0.15, -0.1) is 10.2 Å². The van der Waals surface area contributed by atoms with Gasteiger partial charge in [0.15, 0.2) is 11.5 Å². The van der Waals surface area contributed by atoms with E-state index in [1.165, 1.54) is 26.4 Å². The van der Waals surface area contributed by atoms with Gasteiger partial charge in [-0.25, -0.2) is 4.39 Å². The Morgan fingerprint density at radius 1 is 0.938 bits per heavy atom. The Labute approximate surface area is 183 Å². The number of methoxy groups -OCH3 is 2. The summed E-state index contributed by atoms with van der Waals surface area (Å²) in [4.78, 5) is 13.0. The fraction of sp³-hybridized carbons (Fsp3) is 0.125. The van der Waals surface area contributed by atoms with E-state index in [-0.39, 0.29) is 17.3 Å². The van der Waals surface area contributed by atoms with Crippen molar-refractivity contribution in [3.05, 3.63) is 95.6 Å². The van der Waals surface area contributed by atoms with Crippen LogP contribution in [0.25, 0.3) is 11.5 Å². The molecule has 1 amide bonds. The molecule has 7 nitrogen and oxygen atoms in total. The molecule has 1 unspecified atom stereocenters. The summed E-state index contributed by atoms with van der Waals surface area (Å²) in [5.41, 5.74) is 1.21. The van der Waals surface area contributed by atoms with Crippen LogP contribution in [0.4, 0.5) is 4.39 Å². The molecule has 1 aromatic heterocycles. The van der Waals surface area contributed by atoms with E-state index in [1.807, 2.05) is 30.3 Å². The summed E-state index contributed by atoms with van der Waals surface area (Å²) < 4.78 is 30.9. The standard InChI is InChI=1S/C24H20FN3O4/c1-30-19-13-12-16(14-20(19)31-2)22(29)26-21(17-10-6-7-11-18(17)25)24-28-27-23(32-24)15-8-4-3-5-9-15/h3-14,21H,1-2H3,(H,26,29). The first kappa shape index (κ1) is 21.0. The van der Waals surface area contributed by atoms with Crippen LogP contribution in [0.5, 0.6) is 11.5 Å². The summed E-state index contributed by atoms with van der Waals surface area (Å²) in [5, 5.41) is 10.9. The highest BCUT2D eigenvalue weighted by atomic mass is 19.1. The van der Waals surface area contributed by atoms with Crippen molar-refractivity contribution in [2.45, 2.75) is 6.04 Å². The molecule has 0 aliphatic rings. The van der Waals surface area contributed by atoms with Crippen molar-refractivity contribution in [1.29, 1.82) is 0 Å². The van der Waals surface area contributed by atoms with E-state index in [0.29, 0.717) is 22.6 Å². The highest BCUT2D eigenvalue weighted by molar-refractivity contribution is 5.95. The summed E-state index contributed by atoms with van der Waals surface area (Å²) in [6.45, 7) is 0. The molecule has 0 aliphatic heterocycles. The van der Waals surface area contributed by atoms with Crippen LogP contribution in [0.2, 0.25) is 0 Å². The maximum Gasteiger partial charge on any atom is 0.252 e. The Morgan fingerprint density at radius 2 is 1.66 bits per heavy atom. The van der Waals surface area contributed by atoms with Crippen LogP contribution in [0.3, 0.4) is 0 Å². The molecule has 1 atom stereocenters. The van der Waals surface area contributed by atoms with Crippen LogP contribution in [-0.4, -0.2) is 30.3 Å². The minimum atomic E-state index is -0.998. The van der Waals surface area contributed by atoms with E-state index >= 15 is 0 Å². The molecule has 4 aromatic rings. The first-order valence-corrected chi connectivity index (χ1v) is 9.77. The number of nitrogens with zero attached hydrogens (tertiary/aromatic N) is 2. The van der Waals surface area contributed by atoms with Gasteiger partial charge in [0, 0.05) is 16.7 Å². The number of halogens is 1. The maximum absolute atomic E-state index is 14.6. The topological polar surface area (TPSA) is 86.5 Å². The van der Waals surface area contributed by atoms with Gasteiger partial charge in [-0.05, 0) is 36.4 Å². The van der Waals surface area contributed by atoms with Crippen molar-refractivity contribution in [2.24, 2.45) is 0 Å². The number of hydrogen-bond donors (Lipinski definition) is 1. The number of nitrogens with one attached hydrogen (secondary N) is 1. The predicted molar refractivity (Wildman–Crippen MR) is 115 cm³/mol. The zero-order chi connectivity index (χ0) is 22.5. The molecule has 3 aromatic carbocycles. The molecule has 0 bridgehead atoms. The Hall–Kier alpha value is -4.20. The molecular formula is C24H20FN3O4. The number of amides is 1. The second kappa shape index (κ2) is 9.30. The number of rotatable bonds is 7. The Morgan fingerprint density at radius 3 is 2.38 bits per heavy atom. The lowest BCUT2D eigenvalue weighted by molar-refractivity contribution is 0.0937. The van der Waals surface area contributed by atoms with Crippen molar-refractivity contribution >= 4 is 5.91 Å². The third-order valence-electron chi connectivity index (χ3n) is 4.85. The number of carbonyl (C=O) groups is 1. The van der Waals surface area contributed by atoms with Crippen molar-refractivity contribution in [3.8, 4) is 23.0 Å². The molecule has 1 N–H and O–H groups in total. The average Bonchev–Trinajstić information content (AvgIpc) is 3.33. The van der Waals surface area contributed by atoms with Crippen molar-refractivity contribution in [3.63, 3.8) is 0 Å². The normalized spacial score (nSPS) is 11.6. The molecule has 0 saturated carbocycles. The van der Waals surface area contributed by atoms with Gasteiger partial charge in [0.2, 0.25) is 11.8 Å². The number of carbonyl (C=O) groups excluding carboxylic acids is 1. The van der Waals surface area contributed by atoms with E-state index in [0.717, 1.165) is 0 Å².